The summed E-state index contributed by atoms with van der Waals surface area (Å²) in [6.07, 6.45) is 3.66. The van der Waals surface area contributed by atoms with E-state index in [4.69, 9.17) is 21.4 Å². The standard InChI is InChI=1S/C19H21N5O2S/c1-25-17-4-2-15(3-5-17)18-21-24(19(27)26-18)14-22-10-12-23(13-11-22)16-6-8-20-9-7-16/h2-9H,10-14H2,1H3. The van der Waals surface area contributed by atoms with Crippen LogP contribution in [0.15, 0.2) is 53.2 Å². The first-order valence-corrected chi connectivity index (χ1v) is 9.23. The summed E-state index contributed by atoms with van der Waals surface area (Å²) in [6.45, 7) is 4.42. The molecule has 3 aromatic rings. The second kappa shape index (κ2) is 7.89. The third kappa shape index (κ3) is 4.01. The van der Waals surface area contributed by atoms with Gasteiger partial charge in [0.15, 0.2) is 0 Å². The van der Waals surface area contributed by atoms with E-state index in [2.05, 4.69) is 19.9 Å². The Hall–Kier alpha value is -2.71. The van der Waals surface area contributed by atoms with E-state index in [0.29, 0.717) is 17.4 Å². The molecule has 0 aliphatic carbocycles. The summed E-state index contributed by atoms with van der Waals surface area (Å²) in [4.78, 5) is 9.16. The number of nitrogens with zero attached hydrogens (tertiary/aromatic N) is 5. The average molecular weight is 383 g/mol. The molecule has 0 bridgehead atoms. The minimum Gasteiger partial charge on any atom is -0.497 e. The van der Waals surface area contributed by atoms with Gasteiger partial charge >= 0.3 is 0 Å². The van der Waals surface area contributed by atoms with Crippen molar-refractivity contribution >= 4 is 17.9 Å². The van der Waals surface area contributed by atoms with Crippen molar-refractivity contribution in [1.82, 2.24) is 19.7 Å². The summed E-state index contributed by atoms with van der Waals surface area (Å²) in [5.74, 6) is 1.32. The highest BCUT2D eigenvalue weighted by Crippen LogP contribution is 2.21. The summed E-state index contributed by atoms with van der Waals surface area (Å²) in [5, 5.41) is 4.55. The molecular weight excluding hydrogens is 362 g/mol. The van der Waals surface area contributed by atoms with Crippen LogP contribution >= 0.6 is 12.2 Å². The van der Waals surface area contributed by atoms with Crippen molar-refractivity contribution in [2.75, 3.05) is 38.2 Å². The topological polar surface area (TPSA) is 59.6 Å². The molecule has 0 N–H and O–H groups in total. The molecule has 1 saturated heterocycles. The zero-order valence-corrected chi connectivity index (χ0v) is 15.9. The highest BCUT2D eigenvalue weighted by atomic mass is 32.1. The van der Waals surface area contributed by atoms with Crippen LogP contribution in [0.4, 0.5) is 5.69 Å². The van der Waals surface area contributed by atoms with Crippen molar-refractivity contribution in [2.24, 2.45) is 0 Å². The molecule has 3 heterocycles. The van der Waals surface area contributed by atoms with E-state index in [1.165, 1.54) is 5.69 Å². The lowest BCUT2D eigenvalue weighted by Crippen LogP contribution is -2.46. The Balaban J connectivity index is 1.40. The number of rotatable bonds is 5. The molecule has 0 spiro atoms. The molecule has 0 atom stereocenters. The predicted molar refractivity (Wildman–Crippen MR) is 105 cm³/mol. The quantitative estimate of drug-likeness (QED) is 0.628. The van der Waals surface area contributed by atoms with Gasteiger partial charge in [0.1, 0.15) is 5.75 Å². The highest BCUT2D eigenvalue weighted by Gasteiger charge is 2.19. The second-order valence-corrected chi connectivity index (χ2v) is 6.70. The van der Waals surface area contributed by atoms with Gasteiger partial charge in [-0.25, -0.2) is 4.68 Å². The molecule has 1 fully saturated rings. The largest absolute Gasteiger partial charge is 0.497 e. The number of piperazine rings is 1. The van der Waals surface area contributed by atoms with Crippen molar-refractivity contribution in [2.45, 2.75) is 6.67 Å². The van der Waals surface area contributed by atoms with Gasteiger partial charge in [0.25, 0.3) is 4.84 Å². The molecule has 1 aliphatic heterocycles. The SMILES string of the molecule is COc1ccc(-c2nn(CN3CCN(c4ccncc4)CC3)c(=S)o2)cc1. The molecule has 2 aromatic heterocycles. The zero-order valence-electron chi connectivity index (χ0n) is 15.1. The fourth-order valence-corrected chi connectivity index (χ4v) is 3.32. The monoisotopic (exact) mass is 383 g/mol. The smallest absolute Gasteiger partial charge is 0.288 e. The molecule has 0 amide bonds. The van der Waals surface area contributed by atoms with E-state index >= 15 is 0 Å². The predicted octanol–water partition coefficient (Wildman–Crippen LogP) is 3.06. The summed E-state index contributed by atoms with van der Waals surface area (Å²) in [7, 11) is 1.64. The number of aromatic nitrogens is 3. The van der Waals surface area contributed by atoms with E-state index < -0.39 is 0 Å². The maximum absolute atomic E-state index is 5.69. The first kappa shape index (κ1) is 17.7. The maximum atomic E-state index is 5.69. The normalized spacial score (nSPS) is 15.1. The maximum Gasteiger partial charge on any atom is 0.288 e. The van der Waals surface area contributed by atoms with E-state index in [1.54, 1.807) is 11.8 Å². The van der Waals surface area contributed by atoms with Crippen LogP contribution < -0.4 is 9.64 Å². The van der Waals surface area contributed by atoms with E-state index in [9.17, 15) is 0 Å². The van der Waals surface area contributed by atoms with Crippen LogP contribution in [-0.2, 0) is 6.67 Å². The number of hydrogen-bond acceptors (Lipinski definition) is 7. The molecule has 1 aromatic carbocycles. The Morgan fingerprint density at radius 1 is 1.04 bits per heavy atom. The number of methoxy groups -OCH3 is 1. The first-order chi connectivity index (χ1) is 13.2. The van der Waals surface area contributed by atoms with Crippen molar-refractivity contribution in [1.29, 1.82) is 0 Å². The van der Waals surface area contributed by atoms with Crippen LogP contribution in [-0.4, -0.2) is 53.0 Å². The fraction of sp³-hybridized carbons (Fsp3) is 0.316. The Morgan fingerprint density at radius 3 is 2.41 bits per heavy atom. The number of anilines is 1. The first-order valence-electron chi connectivity index (χ1n) is 8.82. The lowest BCUT2D eigenvalue weighted by atomic mass is 10.2. The second-order valence-electron chi connectivity index (χ2n) is 6.35. The van der Waals surface area contributed by atoms with Gasteiger partial charge < -0.3 is 14.1 Å². The molecular formula is C19H21N5O2S. The van der Waals surface area contributed by atoms with E-state index in [0.717, 1.165) is 37.5 Å². The molecule has 8 heteroatoms. The van der Waals surface area contributed by atoms with Gasteiger partial charge in [0.2, 0.25) is 5.89 Å². The Morgan fingerprint density at radius 2 is 1.74 bits per heavy atom. The van der Waals surface area contributed by atoms with Gasteiger partial charge in [-0.2, -0.15) is 0 Å². The van der Waals surface area contributed by atoms with Crippen molar-refractivity contribution in [3.8, 4) is 17.2 Å². The van der Waals surface area contributed by atoms with Gasteiger partial charge in [-0.3, -0.25) is 9.88 Å². The lowest BCUT2D eigenvalue weighted by Gasteiger charge is -2.35. The van der Waals surface area contributed by atoms with Crippen LogP contribution in [0.5, 0.6) is 5.75 Å². The van der Waals surface area contributed by atoms with Gasteiger partial charge in [-0.1, -0.05) is 0 Å². The summed E-state index contributed by atoms with van der Waals surface area (Å²) in [6, 6.07) is 11.7. The zero-order chi connectivity index (χ0) is 18.6. The molecule has 0 unspecified atom stereocenters. The molecule has 0 radical (unpaired) electrons. The van der Waals surface area contributed by atoms with Crippen LogP contribution in [0.2, 0.25) is 0 Å². The van der Waals surface area contributed by atoms with Crippen molar-refractivity contribution in [3.63, 3.8) is 0 Å². The van der Waals surface area contributed by atoms with Crippen molar-refractivity contribution in [3.05, 3.63) is 53.6 Å². The van der Waals surface area contributed by atoms with Crippen molar-refractivity contribution < 1.29 is 9.15 Å². The van der Waals surface area contributed by atoms with Crippen LogP contribution in [0, 0.1) is 4.84 Å². The number of ether oxygens (including phenoxy) is 1. The summed E-state index contributed by atoms with van der Waals surface area (Å²) in [5.41, 5.74) is 2.09. The molecule has 0 saturated carbocycles. The Kier molecular flexibility index (Phi) is 5.17. The number of hydrogen-bond donors (Lipinski definition) is 0. The average Bonchev–Trinajstić information content (AvgIpc) is 3.09. The lowest BCUT2D eigenvalue weighted by molar-refractivity contribution is 0.192. The Bertz CT molecular complexity index is 931. The molecule has 1 aliphatic rings. The summed E-state index contributed by atoms with van der Waals surface area (Å²) < 4.78 is 12.6. The number of pyridine rings is 1. The molecule has 4 rings (SSSR count). The Labute approximate surface area is 162 Å². The van der Waals surface area contributed by atoms with Gasteiger partial charge in [-0.15, -0.1) is 5.10 Å². The number of benzene rings is 1. The fourth-order valence-electron chi connectivity index (χ4n) is 3.14. The van der Waals surface area contributed by atoms with Crippen LogP contribution in [0.1, 0.15) is 0 Å². The minimum atomic E-state index is 0.386. The summed E-state index contributed by atoms with van der Waals surface area (Å²) >= 11 is 5.35. The molecule has 7 nitrogen and oxygen atoms in total. The molecule has 27 heavy (non-hydrogen) atoms. The van der Waals surface area contributed by atoms with Crippen LogP contribution in [0.25, 0.3) is 11.5 Å². The minimum absolute atomic E-state index is 0.386. The van der Waals surface area contributed by atoms with E-state index in [-0.39, 0.29) is 0 Å². The van der Waals surface area contributed by atoms with Gasteiger partial charge in [0.05, 0.1) is 13.8 Å². The third-order valence-electron chi connectivity index (χ3n) is 4.68. The highest BCUT2D eigenvalue weighted by molar-refractivity contribution is 7.71. The third-order valence-corrected chi connectivity index (χ3v) is 4.97. The van der Waals surface area contributed by atoms with Crippen LogP contribution in [0.3, 0.4) is 0 Å². The van der Waals surface area contributed by atoms with E-state index in [1.807, 2.05) is 48.8 Å². The van der Waals surface area contributed by atoms with Gasteiger partial charge in [0, 0.05) is 49.8 Å². The van der Waals surface area contributed by atoms with Gasteiger partial charge in [-0.05, 0) is 48.6 Å². The molecule has 140 valence electrons.